The number of anilines is 1. The molecule has 0 spiro atoms. The molecule has 0 aliphatic rings. The number of nitrogens with zero attached hydrogens (tertiary/aromatic N) is 4. The van der Waals surface area contributed by atoms with Gasteiger partial charge in [-0.1, -0.05) is 15.7 Å². The third-order valence-electron chi connectivity index (χ3n) is 2.82. The number of rotatable bonds is 4. The summed E-state index contributed by atoms with van der Waals surface area (Å²) >= 11 is 1.01. The molecule has 3 aromatic rings. The van der Waals surface area contributed by atoms with Crippen molar-refractivity contribution in [2.75, 3.05) is 12.4 Å². The van der Waals surface area contributed by atoms with Crippen molar-refractivity contribution in [3.8, 4) is 17.2 Å². The fraction of sp³-hybridized carbons (Fsp3) is 0.154. The molecule has 1 aromatic carbocycles. The van der Waals surface area contributed by atoms with E-state index in [0.717, 1.165) is 11.5 Å². The standard InChI is InChI=1S/C13H11N5O3S/c1-7-10(22-18-15-7)11(19)14-13-17-16-12(21-13)8-4-3-5-9(6-8)20-2/h3-6H,1-2H3,(H,14,17,19). The van der Waals surface area contributed by atoms with Crippen molar-refractivity contribution in [2.24, 2.45) is 0 Å². The number of carbonyl (C=O) groups excluding carboxylic acids is 1. The molecule has 3 rings (SSSR count). The van der Waals surface area contributed by atoms with Crippen molar-refractivity contribution in [3.63, 3.8) is 0 Å². The van der Waals surface area contributed by atoms with Crippen LogP contribution < -0.4 is 10.1 Å². The highest BCUT2D eigenvalue weighted by Crippen LogP contribution is 2.24. The predicted molar refractivity (Wildman–Crippen MR) is 78.9 cm³/mol. The lowest BCUT2D eigenvalue weighted by molar-refractivity contribution is 0.102. The van der Waals surface area contributed by atoms with Gasteiger partial charge in [0.1, 0.15) is 10.6 Å². The van der Waals surface area contributed by atoms with Gasteiger partial charge >= 0.3 is 6.01 Å². The zero-order chi connectivity index (χ0) is 15.5. The van der Waals surface area contributed by atoms with Crippen molar-refractivity contribution in [1.29, 1.82) is 0 Å². The van der Waals surface area contributed by atoms with Crippen molar-refractivity contribution in [3.05, 3.63) is 34.8 Å². The predicted octanol–water partition coefficient (Wildman–Crippen LogP) is 2.16. The second kappa shape index (κ2) is 5.90. The molecule has 0 aliphatic carbocycles. The summed E-state index contributed by atoms with van der Waals surface area (Å²) in [6.07, 6.45) is 0. The Kier molecular flexibility index (Phi) is 3.79. The van der Waals surface area contributed by atoms with Crippen LogP contribution in [0.3, 0.4) is 0 Å². The van der Waals surface area contributed by atoms with Gasteiger partial charge in [-0.2, -0.15) is 0 Å². The highest BCUT2D eigenvalue weighted by atomic mass is 32.1. The van der Waals surface area contributed by atoms with Crippen molar-refractivity contribution in [1.82, 2.24) is 19.8 Å². The number of carbonyl (C=O) groups is 1. The zero-order valence-electron chi connectivity index (χ0n) is 11.7. The number of hydrogen-bond donors (Lipinski definition) is 1. The van der Waals surface area contributed by atoms with Crippen LogP contribution in [0.1, 0.15) is 15.4 Å². The molecule has 8 nitrogen and oxygen atoms in total. The second-order valence-corrected chi connectivity index (χ2v) is 5.04. The molecular formula is C13H11N5O3S. The van der Waals surface area contributed by atoms with E-state index >= 15 is 0 Å². The highest BCUT2D eigenvalue weighted by molar-refractivity contribution is 7.08. The molecule has 0 unspecified atom stereocenters. The average molecular weight is 317 g/mol. The Hall–Kier alpha value is -2.81. The van der Waals surface area contributed by atoms with Crippen LogP contribution in [0, 0.1) is 6.92 Å². The van der Waals surface area contributed by atoms with Gasteiger partial charge in [-0.25, -0.2) is 0 Å². The van der Waals surface area contributed by atoms with Gasteiger partial charge in [0.25, 0.3) is 5.91 Å². The van der Waals surface area contributed by atoms with Crippen molar-refractivity contribution in [2.45, 2.75) is 6.92 Å². The molecule has 0 fully saturated rings. The summed E-state index contributed by atoms with van der Waals surface area (Å²) < 4.78 is 14.3. The van der Waals surface area contributed by atoms with Gasteiger partial charge in [0.05, 0.1) is 12.8 Å². The Morgan fingerprint density at radius 3 is 2.91 bits per heavy atom. The van der Waals surface area contributed by atoms with Crippen LogP contribution in [-0.2, 0) is 0 Å². The van der Waals surface area contributed by atoms with Crippen LogP contribution in [0.25, 0.3) is 11.5 Å². The number of hydrogen-bond acceptors (Lipinski definition) is 8. The first-order chi connectivity index (χ1) is 10.7. The quantitative estimate of drug-likeness (QED) is 0.786. The number of aryl methyl sites for hydroxylation is 1. The molecule has 0 saturated carbocycles. The summed E-state index contributed by atoms with van der Waals surface area (Å²) in [5.41, 5.74) is 1.25. The lowest BCUT2D eigenvalue weighted by atomic mass is 10.2. The largest absolute Gasteiger partial charge is 0.497 e. The minimum absolute atomic E-state index is 0.00983. The topological polar surface area (TPSA) is 103 Å². The monoisotopic (exact) mass is 317 g/mol. The molecule has 1 amide bonds. The Bertz CT molecular complexity index is 813. The maximum Gasteiger partial charge on any atom is 0.322 e. The minimum atomic E-state index is -0.381. The molecular weight excluding hydrogens is 306 g/mol. The van der Waals surface area contributed by atoms with Crippen molar-refractivity contribution < 1.29 is 13.9 Å². The molecule has 1 N–H and O–H groups in total. The minimum Gasteiger partial charge on any atom is -0.497 e. The summed E-state index contributed by atoms with van der Waals surface area (Å²) in [5.74, 6) is 0.578. The maximum absolute atomic E-state index is 12.0. The van der Waals surface area contributed by atoms with Crippen LogP contribution in [0.15, 0.2) is 28.7 Å². The third kappa shape index (κ3) is 2.79. The van der Waals surface area contributed by atoms with E-state index < -0.39 is 0 Å². The molecule has 0 atom stereocenters. The third-order valence-corrected chi connectivity index (χ3v) is 3.65. The SMILES string of the molecule is COc1cccc(-c2nnc(NC(=O)c3snnc3C)o2)c1. The maximum atomic E-state index is 12.0. The van der Waals surface area contributed by atoms with E-state index in [1.807, 2.05) is 12.1 Å². The van der Waals surface area contributed by atoms with E-state index in [4.69, 9.17) is 9.15 Å². The van der Waals surface area contributed by atoms with Gasteiger partial charge in [-0.15, -0.1) is 10.2 Å². The zero-order valence-corrected chi connectivity index (χ0v) is 12.5. The molecule has 0 saturated heterocycles. The molecule has 0 aliphatic heterocycles. The Morgan fingerprint density at radius 1 is 1.32 bits per heavy atom. The van der Waals surface area contributed by atoms with Crippen molar-refractivity contribution >= 4 is 23.5 Å². The van der Waals surface area contributed by atoms with E-state index in [1.165, 1.54) is 0 Å². The number of amides is 1. The molecule has 9 heteroatoms. The molecule has 0 bridgehead atoms. The normalized spacial score (nSPS) is 10.5. The Morgan fingerprint density at radius 2 is 2.18 bits per heavy atom. The number of nitrogens with one attached hydrogen (secondary N) is 1. The summed E-state index contributed by atoms with van der Waals surface area (Å²) in [6, 6.07) is 7.19. The van der Waals surface area contributed by atoms with Crippen LogP contribution in [0.2, 0.25) is 0 Å². The molecule has 0 radical (unpaired) electrons. The van der Waals surface area contributed by atoms with Gasteiger partial charge in [-0.3, -0.25) is 10.1 Å². The average Bonchev–Trinajstić information content (AvgIpc) is 3.16. The van der Waals surface area contributed by atoms with E-state index in [9.17, 15) is 4.79 Å². The van der Waals surface area contributed by atoms with E-state index in [-0.39, 0.29) is 17.8 Å². The van der Waals surface area contributed by atoms with Gasteiger partial charge in [0.2, 0.25) is 5.89 Å². The highest BCUT2D eigenvalue weighted by Gasteiger charge is 2.17. The first-order valence-electron chi connectivity index (χ1n) is 6.25. The van der Waals surface area contributed by atoms with Gasteiger partial charge in [0.15, 0.2) is 0 Å². The lowest BCUT2D eigenvalue weighted by Crippen LogP contribution is -2.11. The Balaban J connectivity index is 1.79. The van der Waals surface area contributed by atoms with Gasteiger partial charge in [0, 0.05) is 5.56 Å². The molecule has 22 heavy (non-hydrogen) atoms. The van der Waals surface area contributed by atoms with E-state index in [0.29, 0.717) is 21.9 Å². The summed E-state index contributed by atoms with van der Waals surface area (Å²) in [4.78, 5) is 12.4. The van der Waals surface area contributed by atoms with Crippen LogP contribution in [-0.4, -0.2) is 32.8 Å². The summed E-state index contributed by atoms with van der Waals surface area (Å²) in [6.45, 7) is 1.70. The first-order valence-corrected chi connectivity index (χ1v) is 7.03. The fourth-order valence-corrected chi connectivity index (χ4v) is 2.29. The molecule has 2 aromatic heterocycles. The lowest BCUT2D eigenvalue weighted by Gasteiger charge is -2.00. The van der Waals surface area contributed by atoms with Crippen LogP contribution >= 0.6 is 11.5 Å². The second-order valence-electron chi connectivity index (χ2n) is 4.29. The molecule has 2 heterocycles. The number of benzene rings is 1. The van der Waals surface area contributed by atoms with Gasteiger partial charge < -0.3 is 9.15 Å². The van der Waals surface area contributed by atoms with E-state index in [1.54, 1.807) is 26.2 Å². The fourth-order valence-electron chi connectivity index (χ4n) is 1.74. The number of ether oxygens (including phenoxy) is 1. The number of aromatic nitrogens is 4. The summed E-state index contributed by atoms with van der Waals surface area (Å²) in [5, 5.41) is 14.0. The van der Waals surface area contributed by atoms with Crippen LogP contribution in [0.4, 0.5) is 6.01 Å². The Labute approximate surface area is 129 Å². The number of methoxy groups -OCH3 is 1. The smallest absolute Gasteiger partial charge is 0.322 e. The van der Waals surface area contributed by atoms with Gasteiger partial charge in [-0.05, 0) is 36.7 Å². The first kappa shape index (κ1) is 14.1. The van der Waals surface area contributed by atoms with Crippen LogP contribution in [0.5, 0.6) is 5.75 Å². The van der Waals surface area contributed by atoms with E-state index in [2.05, 4.69) is 25.1 Å². The molecule has 112 valence electrons. The summed E-state index contributed by atoms with van der Waals surface area (Å²) in [7, 11) is 1.57.